The summed E-state index contributed by atoms with van der Waals surface area (Å²) in [6.45, 7) is 1.68. The highest BCUT2D eigenvalue weighted by molar-refractivity contribution is 7.07. The summed E-state index contributed by atoms with van der Waals surface area (Å²) < 4.78 is 28.8. The monoisotopic (exact) mass is 677 g/mol. The molecule has 244 valence electrons. The maximum Gasteiger partial charge on any atom is 0.338 e. The number of benzene rings is 3. The Kier molecular flexibility index (Phi) is 9.92. The van der Waals surface area contributed by atoms with Crippen molar-refractivity contribution >= 4 is 58.0 Å². The van der Waals surface area contributed by atoms with E-state index in [1.807, 2.05) is 0 Å². The smallest absolute Gasteiger partial charge is 0.338 e. The van der Waals surface area contributed by atoms with Crippen LogP contribution in [0.3, 0.4) is 0 Å². The van der Waals surface area contributed by atoms with Crippen LogP contribution in [-0.4, -0.2) is 51.5 Å². The molecule has 1 aliphatic heterocycles. The second-order valence-electron chi connectivity index (χ2n) is 10.1. The van der Waals surface area contributed by atoms with Gasteiger partial charge in [0.2, 0.25) is 0 Å². The Labute approximate surface area is 279 Å². The number of esters is 1. The molecule has 2 heterocycles. The topological polar surface area (TPSA) is 140 Å². The lowest BCUT2D eigenvalue weighted by atomic mass is 9.82. The average Bonchev–Trinajstić information content (AvgIpc) is 3.40. The van der Waals surface area contributed by atoms with Gasteiger partial charge in [0.1, 0.15) is 10.5 Å². The standard InChI is InChI=1S/C34H32ClN3O8S/c1-6-46-34(41)28-27(19-8-14-23(43-3)25(17-19)45-5)29(31(39)37-21-11-9-20(35)10-12-21)33-38(30(28)36)32(40)26(47-33)16-18-7-13-22(42-2)24(15-18)44-4/h7-17,27H,6,36H2,1-5H3,(H,37,39)/b26-16-. The SMILES string of the molecule is CCOC(=O)C1=C(N)n2c(s/c(=C\c3ccc(OC)c(OC)c3)c2=O)=C(C(=O)Nc2ccc(Cl)cc2)C1c1ccc(OC)c(OC)c1. The van der Waals surface area contributed by atoms with E-state index in [0.717, 1.165) is 11.3 Å². The molecule has 0 saturated carbocycles. The third-order valence-electron chi connectivity index (χ3n) is 7.44. The molecular formula is C34H32ClN3O8S. The van der Waals surface area contributed by atoms with Gasteiger partial charge in [-0.05, 0) is 72.7 Å². The average molecular weight is 678 g/mol. The lowest BCUT2D eigenvalue weighted by molar-refractivity contribution is -0.138. The molecule has 1 aromatic heterocycles. The largest absolute Gasteiger partial charge is 0.493 e. The number of ether oxygens (including phenoxy) is 5. The van der Waals surface area contributed by atoms with E-state index in [1.165, 1.54) is 33.0 Å². The molecule has 0 saturated heterocycles. The summed E-state index contributed by atoms with van der Waals surface area (Å²) in [5.41, 5.74) is 7.73. The number of hydrogen-bond acceptors (Lipinski definition) is 10. The Morgan fingerprint density at radius 2 is 1.51 bits per heavy atom. The first kappa shape index (κ1) is 33.2. The van der Waals surface area contributed by atoms with Crippen LogP contribution in [0.15, 0.2) is 71.0 Å². The van der Waals surface area contributed by atoms with Gasteiger partial charge in [-0.1, -0.05) is 23.7 Å². The van der Waals surface area contributed by atoms with Crippen LogP contribution in [0.5, 0.6) is 23.0 Å². The number of thiazole rings is 1. The highest BCUT2D eigenvalue weighted by atomic mass is 35.5. The molecule has 3 N–H and O–H groups in total. The first-order valence-electron chi connectivity index (χ1n) is 14.3. The Balaban J connectivity index is 1.84. The summed E-state index contributed by atoms with van der Waals surface area (Å²) in [6, 6.07) is 16.8. The van der Waals surface area contributed by atoms with Crippen molar-refractivity contribution in [1.29, 1.82) is 0 Å². The van der Waals surface area contributed by atoms with E-state index >= 15 is 0 Å². The number of carbonyl (C=O) groups excluding carboxylic acids is 2. The van der Waals surface area contributed by atoms with Crippen molar-refractivity contribution in [3.8, 4) is 23.0 Å². The van der Waals surface area contributed by atoms with E-state index in [2.05, 4.69) is 5.32 Å². The fraction of sp³-hybridized carbons (Fsp3) is 0.206. The van der Waals surface area contributed by atoms with Gasteiger partial charge in [-0.3, -0.25) is 14.2 Å². The molecule has 0 aliphatic carbocycles. The van der Waals surface area contributed by atoms with E-state index in [0.29, 0.717) is 44.8 Å². The minimum atomic E-state index is -1.06. The molecule has 47 heavy (non-hydrogen) atoms. The van der Waals surface area contributed by atoms with Gasteiger partial charge in [-0.15, -0.1) is 11.3 Å². The van der Waals surface area contributed by atoms with Gasteiger partial charge in [0.25, 0.3) is 11.5 Å². The van der Waals surface area contributed by atoms with Crippen molar-refractivity contribution in [2.45, 2.75) is 12.8 Å². The highest BCUT2D eigenvalue weighted by Crippen LogP contribution is 2.41. The van der Waals surface area contributed by atoms with E-state index in [-0.39, 0.29) is 32.8 Å². The number of anilines is 1. The molecule has 0 radical (unpaired) electrons. The van der Waals surface area contributed by atoms with Crippen molar-refractivity contribution in [2.24, 2.45) is 5.73 Å². The summed E-state index contributed by atoms with van der Waals surface area (Å²) in [5, 5.41) is 3.37. The normalized spacial score (nSPS) is 14.4. The Morgan fingerprint density at radius 3 is 2.13 bits per heavy atom. The molecule has 0 bridgehead atoms. The second-order valence-corrected chi connectivity index (χ2v) is 11.6. The lowest BCUT2D eigenvalue weighted by Crippen LogP contribution is -2.42. The van der Waals surface area contributed by atoms with Crippen molar-refractivity contribution in [3.05, 3.63) is 102 Å². The summed E-state index contributed by atoms with van der Waals surface area (Å²) in [5.74, 6) is -0.790. The summed E-state index contributed by atoms with van der Waals surface area (Å²) >= 11 is 7.13. The number of hydrogen-bond donors (Lipinski definition) is 2. The van der Waals surface area contributed by atoms with Crippen molar-refractivity contribution in [2.75, 3.05) is 40.4 Å². The number of methoxy groups -OCH3 is 4. The molecule has 4 aromatic rings. The predicted octanol–water partition coefficient (Wildman–Crippen LogP) is 3.70. The zero-order valence-electron chi connectivity index (χ0n) is 26.2. The van der Waals surface area contributed by atoms with Crippen LogP contribution < -0.4 is 44.8 Å². The van der Waals surface area contributed by atoms with Gasteiger partial charge in [-0.25, -0.2) is 4.79 Å². The van der Waals surface area contributed by atoms with E-state index in [1.54, 1.807) is 73.7 Å². The summed E-state index contributed by atoms with van der Waals surface area (Å²) in [6.07, 6.45) is 1.65. The molecule has 3 aromatic carbocycles. The number of carbonyl (C=O) groups is 2. The molecule has 1 atom stereocenters. The molecule has 5 rings (SSSR count). The number of amides is 1. The number of rotatable bonds is 10. The first-order valence-corrected chi connectivity index (χ1v) is 15.5. The van der Waals surface area contributed by atoms with Crippen LogP contribution in [0.4, 0.5) is 5.69 Å². The first-order chi connectivity index (χ1) is 22.6. The van der Waals surface area contributed by atoms with Crippen molar-refractivity contribution < 1.29 is 33.3 Å². The Morgan fingerprint density at radius 1 is 0.894 bits per heavy atom. The van der Waals surface area contributed by atoms with Gasteiger partial charge >= 0.3 is 5.97 Å². The molecule has 1 aliphatic rings. The van der Waals surface area contributed by atoms with Crippen molar-refractivity contribution in [3.63, 3.8) is 0 Å². The van der Waals surface area contributed by atoms with Gasteiger partial charge in [0.05, 0.1) is 56.6 Å². The quantitative estimate of drug-likeness (QED) is 0.241. The Bertz CT molecular complexity index is 2070. The van der Waals surface area contributed by atoms with Gasteiger partial charge < -0.3 is 34.7 Å². The van der Waals surface area contributed by atoms with Gasteiger partial charge in [0.15, 0.2) is 23.0 Å². The number of nitrogens with zero attached hydrogens (tertiary/aromatic N) is 1. The third kappa shape index (κ3) is 6.42. The molecule has 13 heteroatoms. The zero-order chi connectivity index (χ0) is 33.8. The third-order valence-corrected chi connectivity index (χ3v) is 8.80. The summed E-state index contributed by atoms with van der Waals surface area (Å²) in [4.78, 5) is 42.0. The molecule has 1 unspecified atom stereocenters. The summed E-state index contributed by atoms with van der Waals surface area (Å²) in [7, 11) is 6.01. The van der Waals surface area contributed by atoms with Crippen LogP contribution in [-0.2, 0) is 14.3 Å². The highest BCUT2D eigenvalue weighted by Gasteiger charge is 2.39. The minimum Gasteiger partial charge on any atom is -0.493 e. The van der Waals surface area contributed by atoms with E-state index < -0.39 is 23.4 Å². The van der Waals surface area contributed by atoms with Crippen LogP contribution >= 0.6 is 22.9 Å². The molecular weight excluding hydrogens is 646 g/mol. The predicted molar refractivity (Wildman–Crippen MR) is 181 cm³/mol. The van der Waals surface area contributed by atoms with Crippen LogP contribution in [0, 0.1) is 0 Å². The molecule has 0 spiro atoms. The van der Waals surface area contributed by atoms with Crippen LogP contribution in [0.25, 0.3) is 17.5 Å². The fourth-order valence-electron chi connectivity index (χ4n) is 5.27. The Hall–Kier alpha value is -5.20. The van der Waals surface area contributed by atoms with Gasteiger partial charge in [-0.2, -0.15) is 0 Å². The number of fused-ring (bicyclic) bond motifs is 1. The van der Waals surface area contributed by atoms with Crippen LogP contribution in [0.1, 0.15) is 24.0 Å². The van der Waals surface area contributed by atoms with Crippen LogP contribution in [0.2, 0.25) is 5.02 Å². The molecule has 1 amide bonds. The van der Waals surface area contributed by atoms with E-state index in [9.17, 15) is 14.4 Å². The zero-order valence-corrected chi connectivity index (χ0v) is 27.8. The maximum absolute atomic E-state index is 14.3. The van der Waals surface area contributed by atoms with E-state index in [4.69, 9.17) is 41.0 Å². The van der Waals surface area contributed by atoms with Crippen molar-refractivity contribution in [1.82, 2.24) is 4.57 Å². The molecule has 11 nitrogen and oxygen atoms in total. The number of nitrogens with one attached hydrogen (secondary N) is 1. The molecule has 0 fully saturated rings. The fourth-order valence-corrected chi connectivity index (χ4v) is 6.57. The lowest BCUT2D eigenvalue weighted by Gasteiger charge is -2.28. The second kappa shape index (κ2) is 14.1. The van der Waals surface area contributed by atoms with Gasteiger partial charge in [0, 0.05) is 10.7 Å². The number of aromatic nitrogens is 1. The number of nitrogens with two attached hydrogens (primary N) is 1. The maximum atomic E-state index is 14.3. The minimum absolute atomic E-state index is 0.0320. The number of halogens is 1.